The molecule has 1 unspecified atom stereocenters. The van der Waals surface area contributed by atoms with Crippen LogP contribution in [-0.4, -0.2) is 37.2 Å². The fraction of sp³-hybridized carbons (Fsp3) is 0.385. The Morgan fingerprint density at radius 1 is 1.33 bits per heavy atom. The van der Waals surface area contributed by atoms with Crippen molar-refractivity contribution in [2.45, 2.75) is 32.6 Å². The summed E-state index contributed by atoms with van der Waals surface area (Å²) < 4.78 is 0. The van der Waals surface area contributed by atoms with Crippen molar-refractivity contribution in [1.29, 1.82) is 0 Å². The van der Waals surface area contributed by atoms with Crippen LogP contribution in [0, 0.1) is 5.92 Å². The number of anilines is 4. The molecule has 0 spiro atoms. The lowest BCUT2D eigenvalue weighted by Crippen LogP contribution is -2.35. The van der Waals surface area contributed by atoms with E-state index in [1.807, 2.05) is 13.1 Å². The third-order valence-electron chi connectivity index (χ3n) is 6.48. The molecule has 7 heteroatoms. The Labute approximate surface area is 202 Å². The molecule has 1 saturated heterocycles. The zero-order chi connectivity index (χ0) is 23.5. The number of hydrogen-bond donors (Lipinski definition) is 2. The summed E-state index contributed by atoms with van der Waals surface area (Å²) in [7, 11) is 3.96. The standard InChI is InChI=1S/C26H33ClN6/c1-17-7-6-12-33(16-17)26-29-15-23(27)25(31-26)30-22-10-11-24-21(14-22)13-20(19(3)32(24)5)9-8-18(2)28-4/h10-11,13-15,17,28H,2-3,6-9,12,16H2,1,4-5H3,(H,29,30,31). The van der Waals surface area contributed by atoms with Gasteiger partial charge in [-0.1, -0.05) is 31.7 Å². The first kappa shape index (κ1) is 23.2. The van der Waals surface area contributed by atoms with Crippen molar-refractivity contribution in [2.24, 2.45) is 5.92 Å². The second kappa shape index (κ2) is 9.87. The van der Waals surface area contributed by atoms with Gasteiger partial charge in [-0.3, -0.25) is 0 Å². The number of rotatable bonds is 7. The van der Waals surface area contributed by atoms with Gasteiger partial charge in [-0.05, 0) is 61.4 Å². The van der Waals surface area contributed by atoms with Crippen LogP contribution in [0.3, 0.4) is 0 Å². The van der Waals surface area contributed by atoms with Crippen LogP contribution in [-0.2, 0) is 0 Å². The van der Waals surface area contributed by atoms with Crippen molar-refractivity contribution in [1.82, 2.24) is 15.3 Å². The number of benzene rings is 1. The van der Waals surface area contributed by atoms with Gasteiger partial charge in [-0.2, -0.15) is 4.98 Å². The maximum absolute atomic E-state index is 6.46. The molecule has 0 amide bonds. The van der Waals surface area contributed by atoms with Gasteiger partial charge < -0.3 is 20.4 Å². The summed E-state index contributed by atoms with van der Waals surface area (Å²) >= 11 is 6.46. The molecular weight excluding hydrogens is 432 g/mol. The minimum absolute atomic E-state index is 0.508. The van der Waals surface area contributed by atoms with E-state index >= 15 is 0 Å². The van der Waals surface area contributed by atoms with Gasteiger partial charge in [0.05, 0.1) is 6.20 Å². The fourth-order valence-corrected chi connectivity index (χ4v) is 4.56. The van der Waals surface area contributed by atoms with E-state index in [1.54, 1.807) is 6.20 Å². The summed E-state index contributed by atoms with van der Waals surface area (Å²) in [5.41, 5.74) is 6.44. The second-order valence-corrected chi connectivity index (χ2v) is 9.39. The summed E-state index contributed by atoms with van der Waals surface area (Å²) in [6.07, 6.45) is 8.08. The van der Waals surface area contributed by atoms with Crippen LogP contribution < -0.4 is 20.4 Å². The van der Waals surface area contributed by atoms with Gasteiger partial charge in [0.2, 0.25) is 5.95 Å². The van der Waals surface area contributed by atoms with E-state index in [1.165, 1.54) is 12.0 Å². The van der Waals surface area contributed by atoms with Gasteiger partial charge in [0.1, 0.15) is 5.02 Å². The number of hydrogen-bond acceptors (Lipinski definition) is 6. The molecule has 1 aromatic heterocycles. The summed E-state index contributed by atoms with van der Waals surface area (Å²) in [5, 5.41) is 7.04. The van der Waals surface area contributed by atoms with Gasteiger partial charge in [0, 0.05) is 55.5 Å². The average molecular weight is 465 g/mol. The van der Waals surface area contributed by atoms with Crippen LogP contribution in [0.4, 0.5) is 23.1 Å². The predicted molar refractivity (Wildman–Crippen MR) is 140 cm³/mol. The summed E-state index contributed by atoms with van der Waals surface area (Å²) in [4.78, 5) is 13.6. The highest BCUT2D eigenvalue weighted by Gasteiger charge is 2.21. The van der Waals surface area contributed by atoms with Gasteiger partial charge in [0.25, 0.3) is 0 Å². The van der Waals surface area contributed by atoms with E-state index in [0.717, 1.165) is 66.6 Å². The van der Waals surface area contributed by atoms with Crippen molar-refractivity contribution in [3.63, 3.8) is 0 Å². The van der Waals surface area contributed by atoms with E-state index < -0.39 is 0 Å². The molecule has 1 aromatic carbocycles. The van der Waals surface area contributed by atoms with Crippen molar-refractivity contribution >= 4 is 40.8 Å². The number of allylic oxidation sites excluding steroid dienone is 2. The first-order chi connectivity index (χ1) is 15.9. The van der Waals surface area contributed by atoms with Gasteiger partial charge in [-0.25, -0.2) is 4.98 Å². The van der Waals surface area contributed by atoms with Crippen LogP contribution in [0.5, 0.6) is 0 Å². The summed E-state index contributed by atoms with van der Waals surface area (Å²) in [6, 6.07) is 6.28. The van der Waals surface area contributed by atoms with Gasteiger partial charge in [-0.15, -0.1) is 0 Å². The molecule has 0 aliphatic carbocycles. The molecular formula is C26H33ClN6. The van der Waals surface area contributed by atoms with Crippen molar-refractivity contribution in [3.8, 4) is 0 Å². The minimum atomic E-state index is 0.508. The molecule has 0 radical (unpaired) electrons. The number of fused-ring (bicyclic) bond motifs is 1. The predicted octanol–water partition coefficient (Wildman–Crippen LogP) is 5.97. The molecule has 2 aliphatic rings. The Bertz CT molecular complexity index is 1090. The van der Waals surface area contributed by atoms with Crippen LogP contribution in [0.2, 0.25) is 5.02 Å². The fourth-order valence-electron chi connectivity index (χ4n) is 4.42. The number of piperidine rings is 1. The minimum Gasteiger partial charge on any atom is -0.392 e. The highest BCUT2D eigenvalue weighted by atomic mass is 35.5. The normalized spacial score (nSPS) is 18.0. The number of halogens is 1. The number of likely N-dealkylation sites (N-methyl/N-ethyl adjacent to an activating group) is 1. The lowest BCUT2D eigenvalue weighted by Gasteiger charge is -2.31. The van der Waals surface area contributed by atoms with Crippen LogP contribution >= 0.6 is 11.6 Å². The molecule has 0 saturated carbocycles. The van der Waals surface area contributed by atoms with E-state index in [-0.39, 0.29) is 0 Å². The molecule has 0 bridgehead atoms. The largest absolute Gasteiger partial charge is 0.392 e. The third kappa shape index (κ3) is 5.17. The first-order valence-corrected chi connectivity index (χ1v) is 11.9. The summed E-state index contributed by atoms with van der Waals surface area (Å²) in [5.74, 6) is 2.01. The quantitative estimate of drug-likeness (QED) is 0.526. The van der Waals surface area contributed by atoms with E-state index in [0.29, 0.717) is 16.8 Å². The van der Waals surface area contributed by atoms with Crippen LogP contribution in [0.15, 0.2) is 54.5 Å². The topological polar surface area (TPSA) is 56.3 Å². The highest BCUT2D eigenvalue weighted by molar-refractivity contribution is 6.32. The Morgan fingerprint density at radius 2 is 2.15 bits per heavy atom. The summed E-state index contributed by atoms with van der Waals surface area (Å²) in [6.45, 7) is 12.6. The number of aromatic nitrogens is 2. The Hall–Kier alpha value is -2.99. The van der Waals surface area contributed by atoms with Crippen molar-refractivity contribution in [3.05, 3.63) is 65.1 Å². The molecule has 2 N–H and O–H groups in total. The molecule has 4 rings (SSSR count). The molecule has 1 atom stereocenters. The number of nitrogens with zero attached hydrogens (tertiary/aromatic N) is 4. The maximum Gasteiger partial charge on any atom is 0.227 e. The smallest absolute Gasteiger partial charge is 0.227 e. The van der Waals surface area contributed by atoms with E-state index in [2.05, 4.69) is 70.8 Å². The zero-order valence-electron chi connectivity index (χ0n) is 19.8. The van der Waals surface area contributed by atoms with Crippen molar-refractivity contribution in [2.75, 3.05) is 42.3 Å². The molecule has 2 aromatic rings. The average Bonchev–Trinajstić information content (AvgIpc) is 2.81. The van der Waals surface area contributed by atoms with E-state index in [4.69, 9.17) is 16.6 Å². The lowest BCUT2D eigenvalue weighted by molar-refractivity contribution is 0.442. The van der Waals surface area contributed by atoms with Crippen molar-refractivity contribution < 1.29 is 0 Å². The molecule has 174 valence electrons. The van der Waals surface area contributed by atoms with Crippen LogP contribution in [0.1, 0.15) is 38.2 Å². The lowest BCUT2D eigenvalue weighted by atomic mass is 9.96. The Kier molecular flexibility index (Phi) is 6.94. The first-order valence-electron chi connectivity index (χ1n) is 11.5. The van der Waals surface area contributed by atoms with Gasteiger partial charge >= 0.3 is 0 Å². The Balaban J connectivity index is 1.57. The van der Waals surface area contributed by atoms with E-state index in [9.17, 15) is 0 Å². The SMILES string of the molecule is C=C(CCC1=Cc2cc(Nc3nc(N4CCCC(C)C4)ncc3Cl)ccc2N(C)C1=C)NC. The van der Waals surface area contributed by atoms with Crippen LogP contribution in [0.25, 0.3) is 6.08 Å². The molecule has 3 heterocycles. The van der Waals surface area contributed by atoms with Gasteiger partial charge in [0.15, 0.2) is 5.82 Å². The highest BCUT2D eigenvalue weighted by Crippen LogP contribution is 2.37. The molecule has 1 fully saturated rings. The Morgan fingerprint density at radius 3 is 2.91 bits per heavy atom. The monoisotopic (exact) mass is 464 g/mol. The number of nitrogens with one attached hydrogen (secondary N) is 2. The third-order valence-corrected chi connectivity index (χ3v) is 6.75. The molecule has 33 heavy (non-hydrogen) atoms. The maximum atomic E-state index is 6.46. The zero-order valence-corrected chi connectivity index (χ0v) is 20.5. The second-order valence-electron chi connectivity index (χ2n) is 8.99. The molecule has 2 aliphatic heterocycles. The molecule has 6 nitrogen and oxygen atoms in total.